The number of hydrogen-bond donors (Lipinski definition) is 1. The van der Waals surface area contributed by atoms with Crippen LogP contribution >= 0.6 is 0 Å². The highest BCUT2D eigenvalue weighted by atomic mass is 19.1. The summed E-state index contributed by atoms with van der Waals surface area (Å²) in [4.78, 5) is 14.6. The number of rotatable bonds is 8. The first kappa shape index (κ1) is 20.9. The second-order valence-electron chi connectivity index (χ2n) is 6.66. The molecule has 0 radical (unpaired) electrons. The van der Waals surface area contributed by atoms with E-state index in [9.17, 15) is 9.18 Å². The number of hydrogen-bond acceptors (Lipinski definition) is 5. The van der Waals surface area contributed by atoms with Crippen LogP contribution in [0, 0.1) is 5.82 Å². The van der Waals surface area contributed by atoms with E-state index in [-0.39, 0.29) is 11.7 Å². The summed E-state index contributed by atoms with van der Waals surface area (Å²) in [6.45, 7) is 7.38. The van der Waals surface area contributed by atoms with Crippen molar-refractivity contribution in [2.75, 3.05) is 49.7 Å². The molecular weight excluding hydrogens is 375 g/mol. The van der Waals surface area contributed by atoms with Crippen molar-refractivity contribution in [1.82, 2.24) is 0 Å². The maximum atomic E-state index is 14.6. The Morgan fingerprint density at radius 1 is 1.10 bits per heavy atom. The number of ether oxygens (including phenoxy) is 3. The number of benzene rings is 2. The van der Waals surface area contributed by atoms with Crippen molar-refractivity contribution < 1.29 is 23.4 Å². The minimum absolute atomic E-state index is 0.341. The number of nitrogens with zero attached hydrogens (tertiary/aromatic N) is 1. The summed E-state index contributed by atoms with van der Waals surface area (Å²) in [6, 6.07) is 9.75. The van der Waals surface area contributed by atoms with E-state index >= 15 is 0 Å². The Kier molecular flexibility index (Phi) is 7.30. The van der Waals surface area contributed by atoms with Crippen molar-refractivity contribution in [3.63, 3.8) is 0 Å². The zero-order valence-corrected chi connectivity index (χ0v) is 16.9. The summed E-state index contributed by atoms with van der Waals surface area (Å²) in [5, 5.41) is 2.74. The van der Waals surface area contributed by atoms with Crippen LogP contribution in [-0.2, 0) is 4.74 Å². The molecular formula is C22H27FN2O4. The molecule has 2 aromatic rings. The van der Waals surface area contributed by atoms with Gasteiger partial charge in [-0.3, -0.25) is 4.79 Å². The third-order valence-corrected chi connectivity index (χ3v) is 4.52. The lowest BCUT2D eigenvalue weighted by atomic mass is 10.1. The normalized spacial score (nSPS) is 13.8. The van der Waals surface area contributed by atoms with Gasteiger partial charge in [0.15, 0.2) is 11.5 Å². The number of morpholine rings is 1. The van der Waals surface area contributed by atoms with Gasteiger partial charge in [0.05, 0.1) is 32.1 Å². The van der Waals surface area contributed by atoms with Gasteiger partial charge in [-0.05, 0) is 49.7 Å². The van der Waals surface area contributed by atoms with E-state index in [0.717, 1.165) is 6.42 Å². The third kappa shape index (κ3) is 5.38. The molecule has 1 amide bonds. The predicted octanol–water partition coefficient (Wildman–Crippen LogP) is 4.10. The van der Waals surface area contributed by atoms with Crippen LogP contribution in [0.2, 0.25) is 0 Å². The lowest BCUT2D eigenvalue weighted by Gasteiger charge is -2.29. The molecule has 3 rings (SSSR count). The SMILES string of the molecule is CCCOc1ccc(C(=O)Nc2ccc(N3CCOCC3)c(F)c2)cc1OCC. The van der Waals surface area contributed by atoms with Crippen molar-refractivity contribution >= 4 is 17.3 Å². The van der Waals surface area contributed by atoms with Gasteiger partial charge in [-0.25, -0.2) is 4.39 Å². The van der Waals surface area contributed by atoms with Crippen LogP contribution in [0.4, 0.5) is 15.8 Å². The number of anilines is 2. The van der Waals surface area contributed by atoms with Gasteiger partial charge in [0, 0.05) is 24.3 Å². The van der Waals surface area contributed by atoms with Crippen molar-refractivity contribution in [1.29, 1.82) is 0 Å². The van der Waals surface area contributed by atoms with Crippen molar-refractivity contribution in [2.24, 2.45) is 0 Å². The first-order valence-corrected chi connectivity index (χ1v) is 9.95. The van der Waals surface area contributed by atoms with Gasteiger partial charge in [0.2, 0.25) is 0 Å². The summed E-state index contributed by atoms with van der Waals surface area (Å²) in [5.74, 6) is 0.406. The molecule has 1 heterocycles. The van der Waals surface area contributed by atoms with Crippen LogP contribution in [-0.4, -0.2) is 45.4 Å². The first-order valence-electron chi connectivity index (χ1n) is 9.95. The Morgan fingerprint density at radius 2 is 1.90 bits per heavy atom. The van der Waals surface area contributed by atoms with Gasteiger partial charge in [0.25, 0.3) is 5.91 Å². The summed E-state index contributed by atoms with van der Waals surface area (Å²) in [5.41, 5.74) is 1.33. The van der Waals surface area contributed by atoms with Gasteiger partial charge in [-0.1, -0.05) is 6.92 Å². The van der Waals surface area contributed by atoms with Crippen LogP contribution in [0.15, 0.2) is 36.4 Å². The molecule has 0 saturated carbocycles. The van der Waals surface area contributed by atoms with Gasteiger partial charge in [0.1, 0.15) is 5.82 Å². The molecule has 0 unspecified atom stereocenters. The average molecular weight is 402 g/mol. The van der Waals surface area contributed by atoms with Crippen LogP contribution in [0.5, 0.6) is 11.5 Å². The molecule has 29 heavy (non-hydrogen) atoms. The highest BCUT2D eigenvalue weighted by molar-refractivity contribution is 6.04. The predicted molar refractivity (Wildman–Crippen MR) is 111 cm³/mol. The van der Waals surface area contributed by atoms with E-state index in [1.807, 2.05) is 18.7 Å². The van der Waals surface area contributed by atoms with Gasteiger partial charge < -0.3 is 24.4 Å². The molecule has 156 valence electrons. The number of carbonyl (C=O) groups excluding carboxylic acids is 1. The van der Waals surface area contributed by atoms with E-state index < -0.39 is 0 Å². The van der Waals surface area contributed by atoms with Crippen LogP contribution in [0.3, 0.4) is 0 Å². The fraction of sp³-hybridized carbons (Fsp3) is 0.409. The molecule has 0 atom stereocenters. The Hall–Kier alpha value is -2.80. The topological polar surface area (TPSA) is 60.0 Å². The lowest BCUT2D eigenvalue weighted by molar-refractivity contribution is 0.102. The molecule has 0 aromatic heterocycles. The summed E-state index contributed by atoms with van der Waals surface area (Å²) in [6.07, 6.45) is 0.875. The zero-order chi connectivity index (χ0) is 20.6. The number of halogens is 1. The molecule has 1 aliphatic heterocycles. The van der Waals surface area contributed by atoms with Crippen LogP contribution in [0.1, 0.15) is 30.6 Å². The zero-order valence-electron chi connectivity index (χ0n) is 16.9. The van der Waals surface area contributed by atoms with E-state index in [4.69, 9.17) is 14.2 Å². The van der Waals surface area contributed by atoms with Gasteiger partial charge >= 0.3 is 0 Å². The minimum atomic E-state index is -0.372. The van der Waals surface area contributed by atoms with Crippen LogP contribution in [0.25, 0.3) is 0 Å². The molecule has 0 aliphatic carbocycles. The average Bonchev–Trinajstić information content (AvgIpc) is 2.73. The lowest BCUT2D eigenvalue weighted by Crippen LogP contribution is -2.36. The monoisotopic (exact) mass is 402 g/mol. The first-order chi connectivity index (χ1) is 14.1. The van der Waals surface area contributed by atoms with Gasteiger partial charge in [-0.15, -0.1) is 0 Å². The summed E-state index contributed by atoms with van der Waals surface area (Å²) < 4.78 is 31.1. The molecule has 1 aliphatic rings. The number of amides is 1. The maximum absolute atomic E-state index is 14.6. The highest BCUT2D eigenvalue weighted by Crippen LogP contribution is 2.29. The van der Waals surface area contributed by atoms with E-state index in [1.165, 1.54) is 6.07 Å². The van der Waals surface area contributed by atoms with E-state index in [1.54, 1.807) is 30.3 Å². The second-order valence-corrected chi connectivity index (χ2v) is 6.66. The minimum Gasteiger partial charge on any atom is -0.490 e. The second kappa shape index (κ2) is 10.1. The Balaban J connectivity index is 1.72. The third-order valence-electron chi connectivity index (χ3n) is 4.52. The molecule has 0 bridgehead atoms. The van der Waals surface area contributed by atoms with E-state index in [2.05, 4.69) is 5.32 Å². The maximum Gasteiger partial charge on any atom is 0.255 e. The molecule has 7 heteroatoms. The van der Waals surface area contributed by atoms with Gasteiger partial charge in [-0.2, -0.15) is 0 Å². The smallest absolute Gasteiger partial charge is 0.255 e. The summed E-state index contributed by atoms with van der Waals surface area (Å²) >= 11 is 0. The Morgan fingerprint density at radius 3 is 2.59 bits per heavy atom. The molecule has 1 saturated heterocycles. The summed E-state index contributed by atoms with van der Waals surface area (Å²) in [7, 11) is 0. The fourth-order valence-electron chi connectivity index (χ4n) is 3.10. The van der Waals surface area contributed by atoms with Crippen molar-refractivity contribution in [3.05, 3.63) is 47.8 Å². The molecule has 6 nitrogen and oxygen atoms in total. The van der Waals surface area contributed by atoms with Crippen molar-refractivity contribution in [2.45, 2.75) is 20.3 Å². The van der Waals surface area contributed by atoms with E-state index in [0.29, 0.717) is 68.0 Å². The van der Waals surface area contributed by atoms with Crippen LogP contribution < -0.4 is 19.7 Å². The largest absolute Gasteiger partial charge is 0.490 e. The highest BCUT2D eigenvalue weighted by Gasteiger charge is 2.17. The number of carbonyl (C=O) groups is 1. The molecule has 1 fully saturated rings. The van der Waals surface area contributed by atoms with Crippen molar-refractivity contribution in [3.8, 4) is 11.5 Å². The Labute approximate surface area is 170 Å². The standard InChI is InChI=1S/C22H27FN2O4/c1-3-11-29-20-8-5-16(14-21(20)28-4-2)22(26)24-17-6-7-19(18(23)15-17)25-9-12-27-13-10-25/h5-8,14-15H,3-4,9-13H2,1-2H3,(H,24,26). The number of nitrogens with one attached hydrogen (secondary N) is 1. The molecule has 1 N–H and O–H groups in total. The molecule has 2 aromatic carbocycles. The quantitative estimate of drug-likeness (QED) is 0.720. The fourth-order valence-corrected chi connectivity index (χ4v) is 3.10. The molecule has 0 spiro atoms. The Bertz CT molecular complexity index is 838.